The van der Waals surface area contributed by atoms with Crippen LogP contribution in [-0.4, -0.2) is 39.6 Å². The number of hydrogen-bond acceptors (Lipinski definition) is 4. The third-order valence-electron chi connectivity index (χ3n) is 2.29. The molecule has 0 aliphatic carbocycles. The van der Waals surface area contributed by atoms with Crippen molar-refractivity contribution in [2.24, 2.45) is 0 Å². The largest absolute Gasteiger partial charge is 0.491 e. The first kappa shape index (κ1) is 16.3. The predicted octanol–water partition coefficient (Wildman–Crippen LogP) is 2.85. The summed E-state index contributed by atoms with van der Waals surface area (Å²) >= 11 is 0. The fraction of sp³-hybridized carbons (Fsp3) is 0.375. The minimum Gasteiger partial charge on any atom is -0.491 e. The Morgan fingerprint density at radius 3 is 1.45 bits per heavy atom. The Kier molecular flexibility index (Phi) is 9.02. The van der Waals surface area contributed by atoms with E-state index < -0.39 is 0 Å². The van der Waals surface area contributed by atoms with E-state index in [9.17, 15) is 0 Å². The summed E-state index contributed by atoms with van der Waals surface area (Å²) in [7, 11) is 0. The highest BCUT2D eigenvalue weighted by molar-refractivity contribution is 5.31. The average Bonchev–Trinajstić information content (AvgIpc) is 2.48. The van der Waals surface area contributed by atoms with Crippen molar-refractivity contribution >= 4 is 0 Å². The van der Waals surface area contributed by atoms with Gasteiger partial charge in [-0.05, 0) is 24.3 Å². The van der Waals surface area contributed by atoms with E-state index >= 15 is 0 Å². The van der Waals surface area contributed by atoms with E-state index in [4.69, 9.17) is 18.9 Å². The third-order valence-corrected chi connectivity index (χ3v) is 2.29. The van der Waals surface area contributed by atoms with Gasteiger partial charge in [-0.1, -0.05) is 12.2 Å². The molecule has 0 heterocycles. The average molecular weight is 278 g/mol. The van der Waals surface area contributed by atoms with Crippen molar-refractivity contribution in [1.82, 2.24) is 0 Å². The summed E-state index contributed by atoms with van der Waals surface area (Å²) in [6.45, 7) is 10.4. The minimum absolute atomic E-state index is 0.517. The van der Waals surface area contributed by atoms with E-state index in [2.05, 4.69) is 13.2 Å². The van der Waals surface area contributed by atoms with Crippen LogP contribution in [0.3, 0.4) is 0 Å². The molecule has 1 aromatic carbocycles. The highest BCUT2D eigenvalue weighted by atomic mass is 16.5. The van der Waals surface area contributed by atoms with Crippen LogP contribution in [0.15, 0.2) is 49.6 Å². The van der Waals surface area contributed by atoms with E-state index in [0.717, 1.165) is 11.5 Å². The van der Waals surface area contributed by atoms with Crippen LogP contribution in [0.25, 0.3) is 0 Å². The topological polar surface area (TPSA) is 36.9 Å². The summed E-state index contributed by atoms with van der Waals surface area (Å²) in [5.41, 5.74) is 0. The summed E-state index contributed by atoms with van der Waals surface area (Å²) in [6.07, 6.45) is 3.43. The van der Waals surface area contributed by atoms with E-state index in [1.807, 2.05) is 24.3 Å². The molecular weight excluding hydrogens is 256 g/mol. The molecule has 0 aliphatic heterocycles. The van der Waals surface area contributed by atoms with Crippen molar-refractivity contribution in [3.05, 3.63) is 49.6 Å². The maximum absolute atomic E-state index is 5.51. The van der Waals surface area contributed by atoms with E-state index in [0.29, 0.717) is 39.6 Å². The number of ether oxygens (including phenoxy) is 4. The van der Waals surface area contributed by atoms with E-state index in [-0.39, 0.29) is 0 Å². The molecule has 110 valence electrons. The summed E-state index contributed by atoms with van der Waals surface area (Å²) in [5.74, 6) is 1.59. The molecular formula is C16H22O4. The summed E-state index contributed by atoms with van der Waals surface area (Å²) < 4.78 is 21.5. The quantitative estimate of drug-likeness (QED) is 0.435. The van der Waals surface area contributed by atoms with Gasteiger partial charge < -0.3 is 18.9 Å². The van der Waals surface area contributed by atoms with Crippen molar-refractivity contribution < 1.29 is 18.9 Å². The lowest BCUT2D eigenvalue weighted by molar-refractivity contribution is 0.119. The van der Waals surface area contributed by atoms with Crippen LogP contribution in [0.4, 0.5) is 0 Å². The normalized spacial score (nSPS) is 10.0. The van der Waals surface area contributed by atoms with Gasteiger partial charge >= 0.3 is 0 Å². The second-order valence-corrected chi connectivity index (χ2v) is 3.90. The van der Waals surface area contributed by atoms with Crippen molar-refractivity contribution in [3.8, 4) is 11.5 Å². The van der Waals surface area contributed by atoms with Crippen LogP contribution in [-0.2, 0) is 9.47 Å². The van der Waals surface area contributed by atoms with Gasteiger partial charge in [-0.2, -0.15) is 0 Å². The molecule has 0 fully saturated rings. The first-order valence-electron chi connectivity index (χ1n) is 6.59. The van der Waals surface area contributed by atoms with Crippen LogP contribution in [0.2, 0.25) is 0 Å². The van der Waals surface area contributed by atoms with E-state index in [1.165, 1.54) is 0 Å². The zero-order valence-electron chi connectivity index (χ0n) is 11.8. The minimum atomic E-state index is 0.517. The molecule has 0 aromatic heterocycles. The van der Waals surface area contributed by atoms with Crippen molar-refractivity contribution in [2.75, 3.05) is 39.6 Å². The third kappa shape index (κ3) is 7.61. The molecule has 0 radical (unpaired) electrons. The summed E-state index contributed by atoms with van der Waals surface area (Å²) in [4.78, 5) is 0. The lowest BCUT2D eigenvalue weighted by Gasteiger charge is -2.08. The molecule has 0 spiro atoms. The van der Waals surface area contributed by atoms with Gasteiger partial charge in [0.25, 0.3) is 0 Å². The van der Waals surface area contributed by atoms with Crippen LogP contribution >= 0.6 is 0 Å². The highest BCUT2D eigenvalue weighted by Gasteiger charge is 1.97. The molecule has 0 bridgehead atoms. The van der Waals surface area contributed by atoms with Crippen molar-refractivity contribution in [2.45, 2.75) is 0 Å². The monoisotopic (exact) mass is 278 g/mol. The van der Waals surface area contributed by atoms with Crippen molar-refractivity contribution in [1.29, 1.82) is 0 Å². The summed E-state index contributed by atoms with van der Waals surface area (Å²) in [5, 5.41) is 0. The Morgan fingerprint density at radius 2 is 1.10 bits per heavy atom. The number of rotatable bonds is 12. The lowest BCUT2D eigenvalue weighted by Crippen LogP contribution is -2.07. The Balaban J connectivity index is 2.15. The molecule has 1 aromatic rings. The molecule has 4 heteroatoms. The van der Waals surface area contributed by atoms with Crippen LogP contribution in [0.1, 0.15) is 0 Å². The van der Waals surface area contributed by atoms with Gasteiger partial charge in [0.1, 0.15) is 24.7 Å². The number of benzene rings is 1. The predicted molar refractivity (Wildman–Crippen MR) is 79.5 cm³/mol. The van der Waals surface area contributed by atoms with Crippen LogP contribution in [0, 0.1) is 0 Å². The molecule has 0 unspecified atom stereocenters. The zero-order chi connectivity index (χ0) is 14.5. The SMILES string of the molecule is C=CCOCCOc1ccc(OCCOCC=C)cc1. The number of hydrogen-bond donors (Lipinski definition) is 0. The Labute approximate surface area is 120 Å². The molecule has 0 aliphatic rings. The smallest absolute Gasteiger partial charge is 0.119 e. The van der Waals surface area contributed by atoms with E-state index in [1.54, 1.807) is 12.2 Å². The second-order valence-electron chi connectivity index (χ2n) is 3.90. The van der Waals surface area contributed by atoms with Gasteiger partial charge in [0.15, 0.2) is 0 Å². The highest BCUT2D eigenvalue weighted by Crippen LogP contribution is 2.17. The van der Waals surface area contributed by atoms with Gasteiger partial charge in [-0.25, -0.2) is 0 Å². The van der Waals surface area contributed by atoms with Crippen LogP contribution < -0.4 is 9.47 Å². The fourth-order valence-corrected chi connectivity index (χ4v) is 1.40. The first-order valence-corrected chi connectivity index (χ1v) is 6.59. The maximum atomic E-state index is 5.51. The van der Waals surface area contributed by atoms with Gasteiger partial charge in [0, 0.05) is 0 Å². The lowest BCUT2D eigenvalue weighted by atomic mass is 10.3. The Bertz CT molecular complexity index is 336. The van der Waals surface area contributed by atoms with Crippen molar-refractivity contribution in [3.63, 3.8) is 0 Å². The zero-order valence-corrected chi connectivity index (χ0v) is 11.8. The molecule has 0 amide bonds. The summed E-state index contributed by atoms with van der Waals surface area (Å²) in [6, 6.07) is 7.47. The second kappa shape index (κ2) is 11.1. The van der Waals surface area contributed by atoms with Gasteiger partial charge in [0.05, 0.1) is 26.4 Å². The Hall–Kier alpha value is -1.78. The molecule has 20 heavy (non-hydrogen) atoms. The molecule has 0 saturated carbocycles. The molecule has 0 atom stereocenters. The molecule has 1 rings (SSSR count). The first-order chi connectivity index (χ1) is 9.86. The maximum Gasteiger partial charge on any atom is 0.119 e. The van der Waals surface area contributed by atoms with Crippen LogP contribution in [0.5, 0.6) is 11.5 Å². The van der Waals surface area contributed by atoms with Gasteiger partial charge in [0.2, 0.25) is 0 Å². The van der Waals surface area contributed by atoms with Gasteiger partial charge in [-0.3, -0.25) is 0 Å². The molecule has 4 nitrogen and oxygen atoms in total. The standard InChI is InChI=1S/C16H22O4/c1-3-9-17-11-13-19-15-5-7-16(8-6-15)20-14-12-18-10-4-2/h3-8H,1-2,9-14H2. The molecule has 0 N–H and O–H groups in total. The molecule has 0 saturated heterocycles. The Morgan fingerprint density at radius 1 is 0.700 bits per heavy atom. The fourth-order valence-electron chi connectivity index (χ4n) is 1.40. The van der Waals surface area contributed by atoms with Gasteiger partial charge in [-0.15, -0.1) is 13.2 Å².